The number of ketones is 1. The number of nitrogens with two attached hydrogens (primary N) is 1. The average molecular weight is 594 g/mol. The van der Waals surface area contributed by atoms with Crippen LogP contribution in [0.15, 0.2) is 47.0 Å². The molecule has 222 valence electrons. The predicted octanol–water partition coefficient (Wildman–Crippen LogP) is 7.03. The number of anilines is 3. The summed E-state index contributed by atoms with van der Waals surface area (Å²) in [5.74, 6) is -5.70. The van der Waals surface area contributed by atoms with Gasteiger partial charge in [-0.25, -0.2) is 23.5 Å². The maximum atomic E-state index is 14.9. The second-order valence-corrected chi connectivity index (χ2v) is 9.86. The lowest BCUT2D eigenvalue weighted by Gasteiger charge is -2.29. The van der Waals surface area contributed by atoms with Gasteiger partial charge in [0.1, 0.15) is 17.0 Å². The highest BCUT2D eigenvalue weighted by Crippen LogP contribution is 2.43. The number of hydrogen-bond acceptors (Lipinski definition) is 8. The van der Waals surface area contributed by atoms with E-state index < -0.39 is 75.0 Å². The van der Waals surface area contributed by atoms with Gasteiger partial charge in [-0.05, 0) is 45.0 Å². The van der Waals surface area contributed by atoms with E-state index in [2.05, 4.69) is 4.98 Å². The number of hydrogen-bond donors (Lipinski definition) is 1. The highest BCUT2D eigenvalue weighted by Gasteiger charge is 2.39. The zero-order chi connectivity index (χ0) is 31.1. The molecular weight excluding hydrogens is 569 g/mol. The second-order valence-electron chi connectivity index (χ2n) is 9.86. The zero-order valence-electron chi connectivity index (χ0n) is 22.9. The largest absolute Gasteiger partial charge is 0.494 e. The molecule has 2 aromatic heterocycles. The van der Waals surface area contributed by atoms with E-state index in [1.807, 2.05) is 0 Å². The van der Waals surface area contributed by atoms with Crippen LogP contribution in [-0.4, -0.2) is 36.7 Å². The molecule has 0 aliphatic rings. The van der Waals surface area contributed by atoms with Crippen molar-refractivity contribution in [3.8, 4) is 11.5 Å². The number of carbonyl (C=O) groups excluding carboxylic acids is 2. The summed E-state index contributed by atoms with van der Waals surface area (Å²) in [4.78, 5) is 31.0. The minimum absolute atomic E-state index is 0.0515. The number of para-hydroxylation sites is 1. The van der Waals surface area contributed by atoms with E-state index in [1.54, 1.807) is 0 Å². The maximum Gasteiger partial charge on any atom is 0.420 e. The zero-order valence-corrected chi connectivity index (χ0v) is 22.9. The molecular formula is C28H24F5N3O6. The van der Waals surface area contributed by atoms with Crippen LogP contribution in [0.4, 0.5) is 43.9 Å². The quantitative estimate of drug-likeness (QED) is 0.144. The summed E-state index contributed by atoms with van der Waals surface area (Å²) in [6.45, 7) is 4.54. The molecule has 1 amide bonds. The van der Waals surface area contributed by atoms with Gasteiger partial charge in [-0.3, -0.25) is 4.79 Å². The lowest BCUT2D eigenvalue weighted by Crippen LogP contribution is -2.35. The molecule has 4 aromatic rings. The molecule has 0 bridgehead atoms. The van der Waals surface area contributed by atoms with Crippen LogP contribution < -0.4 is 20.1 Å². The first-order valence-corrected chi connectivity index (χ1v) is 12.1. The molecule has 42 heavy (non-hydrogen) atoms. The van der Waals surface area contributed by atoms with Crippen LogP contribution in [0, 0.1) is 11.6 Å². The number of amides is 1. The monoisotopic (exact) mass is 593 g/mol. The molecule has 0 aliphatic carbocycles. The first-order valence-electron chi connectivity index (χ1n) is 12.1. The van der Waals surface area contributed by atoms with Crippen LogP contribution in [0.3, 0.4) is 0 Å². The van der Waals surface area contributed by atoms with E-state index in [-0.39, 0.29) is 16.8 Å². The second kappa shape index (κ2) is 10.8. The Morgan fingerprint density at radius 1 is 0.976 bits per heavy atom. The number of ether oxygens (including phenoxy) is 3. The Labute approximate surface area is 235 Å². The number of nitrogens with zero attached hydrogens (tertiary/aromatic N) is 2. The number of methoxy groups -OCH3 is 2. The van der Waals surface area contributed by atoms with Gasteiger partial charge < -0.3 is 24.4 Å². The summed E-state index contributed by atoms with van der Waals surface area (Å²) >= 11 is 0. The molecule has 2 heterocycles. The van der Waals surface area contributed by atoms with E-state index in [0.29, 0.717) is 4.90 Å². The summed E-state index contributed by atoms with van der Waals surface area (Å²) in [7, 11) is 2.22. The van der Waals surface area contributed by atoms with Gasteiger partial charge in [-0.1, -0.05) is 6.07 Å². The summed E-state index contributed by atoms with van der Waals surface area (Å²) in [6, 6.07) is 6.12. The van der Waals surface area contributed by atoms with Crippen molar-refractivity contribution in [2.75, 3.05) is 24.9 Å². The van der Waals surface area contributed by atoms with Crippen molar-refractivity contribution in [2.45, 2.75) is 32.5 Å². The Bertz CT molecular complexity index is 1670. The fraction of sp³-hybridized carbons (Fsp3) is 0.250. The van der Waals surface area contributed by atoms with Crippen LogP contribution in [0.1, 0.15) is 42.5 Å². The maximum absolute atomic E-state index is 14.9. The van der Waals surface area contributed by atoms with Crippen LogP contribution >= 0.6 is 0 Å². The van der Waals surface area contributed by atoms with Gasteiger partial charge >= 0.3 is 12.3 Å². The SMILES string of the molecule is COc1cc(OC)c(F)c(C(=O)c2cc3cc(N(C(=O)OC(C)(C)C)c4c(N)cccc4C(F)(F)F)ncc3o2)c1F. The number of alkyl halides is 3. The standard InChI is InChI=1S/C28H24F5N3O6/c1-27(2,3)42-26(38)36(24-14(28(31,32)33)7-6-8-15(24)34)20-10-13-9-18(41-19(13)12-35-20)25(37)21-22(29)16(39-4)11-17(40-5)23(21)30/h6-12H,34H2,1-5H3. The lowest BCUT2D eigenvalue weighted by atomic mass is 10.1. The molecule has 0 fully saturated rings. The van der Waals surface area contributed by atoms with E-state index in [4.69, 9.17) is 24.4 Å². The number of pyridine rings is 1. The molecule has 9 nitrogen and oxygen atoms in total. The fourth-order valence-electron chi connectivity index (χ4n) is 4.02. The molecule has 0 saturated heterocycles. The number of carbonyl (C=O) groups is 2. The molecule has 0 aliphatic heterocycles. The van der Waals surface area contributed by atoms with Crippen molar-refractivity contribution >= 4 is 40.0 Å². The molecule has 0 saturated carbocycles. The number of rotatable bonds is 6. The number of nitrogen functional groups attached to an aromatic ring is 1. The van der Waals surface area contributed by atoms with Gasteiger partial charge in [0, 0.05) is 11.5 Å². The first-order chi connectivity index (χ1) is 19.6. The summed E-state index contributed by atoms with van der Waals surface area (Å²) < 4.78 is 92.4. The minimum Gasteiger partial charge on any atom is -0.494 e. The van der Waals surface area contributed by atoms with Crippen molar-refractivity contribution in [1.29, 1.82) is 0 Å². The number of aromatic nitrogens is 1. The average Bonchev–Trinajstić information content (AvgIpc) is 3.32. The van der Waals surface area contributed by atoms with Crippen molar-refractivity contribution < 1.29 is 50.2 Å². The molecule has 14 heteroatoms. The van der Waals surface area contributed by atoms with E-state index in [0.717, 1.165) is 50.7 Å². The third-order valence-electron chi connectivity index (χ3n) is 5.82. The molecule has 4 rings (SSSR count). The highest BCUT2D eigenvalue weighted by atomic mass is 19.4. The summed E-state index contributed by atoms with van der Waals surface area (Å²) in [5, 5.41) is 0.0515. The number of fused-ring (bicyclic) bond motifs is 1. The van der Waals surface area contributed by atoms with Gasteiger partial charge in [0.2, 0.25) is 5.78 Å². The minimum atomic E-state index is -4.92. The Morgan fingerprint density at radius 2 is 1.60 bits per heavy atom. The van der Waals surface area contributed by atoms with Gasteiger partial charge in [0.25, 0.3) is 0 Å². The number of furan rings is 1. The Balaban J connectivity index is 1.88. The van der Waals surface area contributed by atoms with Gasteiger partial charge in [0.15, 0.2) is 34.5 Å². The fourth-order valence-corrected chi connectivity index (χ4v) is 4.02. The van der Waals surface area contributed by atoms with Gasteiger partial charge in [-0.2, -0.15) is 13.2 Å². The molecule has 0 atom stereocenters. The van der Waals surface area contributed by atoms with E-state index in [1.165, 1.54) is 26.8 Å². The van der Waals surface area contributed by atoms with Crippen LogP contribution in [0.5, 0.6) is 11.5 Å². The molecule has 2 aromatic carbocycles. The van der Waals surface area contributed by atoms with E-state index in [9.17, 15) is 31.5 Å². The normalized spacial score (nSPS) is 11.9. The predicted molar refractivity (Wildman–Crippen MR) is 141 cm³/mol. The van der Waals surface area contributed by atoms with Crippen LogP contribution in [0.2, 0.25) is 0 Å². The van der Waals surface area contributed by atoms with Crippen LogP contribution in [0.25, 0.3) is 11.0 Å². The highest BCUT2D eigenvalue weighted by molar-refractivity contribution is 6.10. The number of benzene rings is 2. The van der Waals surface area contributed by atoms with Crippen molar-refractivity contribution in [3.05, 3.63) is 71.1 Å². The smallest absolute Gasteiger partial charge is 0.420 e. The van der Waals surface area contributed by atoms with Crippen molar-refractivity contribution in [3.63, 3.8) is 0 Å². The van der Waals surface area contributed by atoms with Gasteiger partial charge in [0.05, 0.1) is 37.4 Å². The first kappa shape index (κ1) is 30.1. The molecule has 0 unspecified atom stereocenters. The summed E-state index contributed by atoms with van der Waals surface area (Å²) in [5.41, 5.74) is 1.31. The Kier molecular flexibility index (Phi) is 7.76. The Morgan fingerprint density at radius 3 is 2.14 bits per heavy atom. The lowest BCUT2D eigenvalue weighted by molar-refractivity contribution is -0.137. The van der Waals surface area contributed by atoms with E-state index >= 15 is 0 Å². The van der Waals surface area contributed by atoms with Crippen molar-refractivity contribution in [2.24, 2.45) is 0 Å². The molecule has 0 radical (unpaired) electrons. The van der Waals surface area contributed by atoms with Crippen LogP contribution in [-0.2, 0) is 10.9 Å². The molecule has 0 spiro atoms. The van der Waals surface area contributed by atoms with Crippen molar-refractivity contribution in [1.82, 2.24) is 4.98 Å². The third kappa shape index (κ3) is 5.64. The topological polar surface area (TPSA) is 117 Å². The third-order valence-corrected chi connectivity index (χ3v) is 5.82. The number of halogens is 5. The van der Waals surface area contributed by atoms with Gasteiger partial charge in [-0.15, -0.1) is 0 Å². The Hall–Kier alpha value is -4.88. The summed E-state index contributed by atoms with van der Waals surface area (Å²) in [6.07, 6.45) is -5.13. The molecule has 2 N–H and O–H groups in total.